The standard InChI is InChI=1S/C14H27N3O/c1-3-17-10-6-12(7-11-17)16-13(18)14(2)8-4-5-9-15-14/h12,15H,3-11H2,1-2H3,(H,16,18). The third-order valence-corrected chi connectivity index (χ3v) is 4.49. The third kappa shape index (κ3) is 3.23. The highest BCUT2D eigenvalue weighted by Gasteiger charge is 2.35. The van der Waals surface area contributed by atoms with Gasteiger partial charge in [-0.3, -0.25) is 4.79 Å². The molecule has 2 fully saturated rings. The second kappa shape index (κ2) is 6.02. The molecule has 18 heavy (non-hydrogen) atoms. The molecule has 0 spiro atoms. The number of carbonyl (C=O) groups excluding carboxylic acids is 1. The maximum Gasteiger partial charge on any atom is 0.240 e. The van der Waals surface area contributed by atoms with Crippen molar-refractivity contribution in [1.29, 1.82) is 0 Å². The number of piperidine rings is 2. The van der Waals surface area contributed by atoms with Gasteiger partial charge in [0.25, 0.3) is 0 Å². The summed E-state index contributed by atoms with van der Waals surface area (Å²) in [4.78, 5) is 14.8. The normalized spacial score (nSPS) is 31.2. The topological polar surface area (TPSA) is 44.4 Å². The van der Waals surface area contributed by atoms with E-state index in [0.29, 0.717) is 6.04 Å². The van der Waals surface area contributed by atoms with Crippen molar-refractivity contribution in [3.05, 3.63) is 0 Å². The molecule has 0 aromatic rings. The zero-order chi connectivity index (χ0) is 13.0. The summed E-state index contributed by atoms with van der Waals surface area (Å²) in [5.41, 5.74) is -0.333. The highest BCUT2D eigenvalue weighted by Crippen LogP contribution is 2.20. The van der Waals surface area contributed by atoms with Crippen molar-refractivity contribution < 1.29 is 4.79 Å². The summed E-state index contributed by atoms with van der Waals surface area (Å²) in [5, 5.41) is 6.63. The average molecular weight is 253 g/mol. The first-order valence-corrected chi connectivity index (χ1v) is 7.42. The van der Waals surface area contributed by atoms with E-state index in [1.807, 2.05) is 6.92 Å². The fourth-order valence-electron chi connectivity index (χ4n) is 2.99. The lowest BCUT2D eigenvalue weighted by Gasteiger charge is -2.37. The highest BCUT2D eigenvalue weighted by molar-refractivity contribution is 5.86. The minimum atomic E-state index is -0.333. The van der Waals surface area contributed by atoms with Crippen LogP contribution in [0.4, 0.5) is 0 Å². The fourth-order valence-corrected chi connectivity index (χ4v) is 2.99. The number of rotatable bonds is 3. The number of hydrogen-bond donors (Lipinski definition) is 2. The van der Waals surface area contributed by atoms with Crippen LogP contribution >= 0.6 is 0 Å². The molecule has 4 nitrogen and oxygen atoms in total. The molecule has 1 atom stereocenters. The van der Waals surface area contributed by atoms with Crippen LogP contribution in [0.1, 0.15) is 46.0 Å². The summed E-state index contributed by atoms with van der Waals surface area (Å²) < 4.78 is 0. The lowest BCUT2D eigenvalue weighted by atomic mass is 9.89. The van der Waals surface area contributed by atoms with Crippen molar-refractivity contribution in [2.24, 2.45) is 0 Å². The molecular formula is C14H27N3O. The number of carbonyl (C=O) groups is 1. The molecule has 4 heteroatoms. The van der Waals surface area contributed by atoms with Crippen LogP contribution in [0.5, 0.6) is 0 Å². The average Bonchev–Trinajstić information content (AvgIpc) is 2.40. The van der Waals surface area contributed by atoms with E-state index in [1.54, 1.807) is 0 Å². The first-order chi connectivity index (χ1) is 8.64. The maximum absolute atomic E-state index is 12.4. The van der Waals surface area contributed by atoms with Gasteiger partial charge in [-0.1, -0.05) is 6.92 Å². The van der Waals surface area contributed by atoms with Gasteiger partial charge in [-0.25, -0.2) is 0 Å². The van der Waals surface area contributed by atoms with Crippen molar-refractivity contribution in [3.8, 4) is 0 Å². The molecule has 0 radical (unpaired) electrons. The van der Waals surface area contributed by atoms with Crippen LogP contribution in [0.2, 0.25) is 0 Å². The van der Waals surface area contributed by atoms with Gasteiger partial charge in [0, 0.05) is 19.1 Å². The molecule has 2 heterocycles. The Hall–Kier alpha value is -0.610. The first kappa shape index (κ1) is 13.8. The summed E-state index contributed by atoms with van der Waals surface area (Å²) >= 11 is 0. The van der Waals surface area contributed by atoms with Gasteiger partial charge in [0.1, 0.15) is 0 Å². The Bertz CT molecular complexity index is 279. The summed E-state index contributed by atoms with van der Waals surface area (Å²) in [7, 11) is 0. The summed E-state index contributed by atoms with van der Waals surface area (Å²) in [6, 6.07) is 0.376. The van der Waals surface area contributed by atoms with Crippen LogP contribution in [0.15, 0.2) is 0 Å². The van der Waals surface area contributed by atoms with Gasteiger partial charge >= 0.3 is 0 Å². The Balaban J connectivity index is 1.80. The summed E-state index contributed by atoms with van der Waals surface area (Å²) in [6.45, 7) is 8.57. The van der Waals surface area contributed by atoms with E-state index in [-0.39, 0.29) is 11.4 Å². The second-order valence-electron chi connectivity index (χ2n) is 5.90. The highest BCUT2D eigenvalue weighted by atomic mass is 16.2. The molecule has 0 aromatic carbocycles. The predicted molar refractivity (Wildman–Crippen MR) is 73.5 cm³/mol. The van der Waals surface area contributed by atoms with Crippen LogP contribution in [0, 0.1) is 0 Å². The van der Waals surface area contributed by atoms with Crippen molar-refractivity contribution in [1.82, 2.24) is 15.5 Å². The molecular weight excluding hydrogens is 226 g/mol. The van der Waals surface area contributed by atoms with Crippen LogP contribution in [-0.4, -0.2) is 48.6 Å². The molecule has 2 saturated heterocycles. The Labute approximate surface area is 110 Å². The lowest BCUT2D eigenvalue weighted by molar-refractivity contribution is -0.129. The second-order valence-corrected chi connectivity index (χ2v) is 5.90. The summed E-state index contributed by atoms with van der Waals surface area (Å²) in [5.74, 6) is 0.206. The minimum absolute atomic E-state index is 0.206. The molecule has 2 rings (SSSR count). The molecule has 0 bridgehead atoms. The quantitative estimate of drug-likeness (QED) is 0.792. The predicted octanol–water partition coefficient (Wildman–Crippen LogP) is 1.12. The third-order valence-electron chi connectivity index (χ3n) is 4.49. The van der Waals surface area contributed by atoms with Crippen LogP contribution in [0.3, 0.4) is 0 Å². The fraction of sp³-hybridized carbons (Fsp3) is 0.929. The van der Waals surface area contributed by atoms with Crippen LogP contribution in [-0.2, 0) is 4.79 Å². The van der Waals surface area contributed by atoms with E-state index in [4.69, 9.17) is 0 Å². The van der Waals surface area contributed by atoms with E-state index in [2.05, 4.69) is 22.5 Å². The molecule has 2 N–H and O–H groups in total. The van der Waals surface area contributed by atoms with Crippen molar-refractivity contribution in [2.75, 3.05) is 26.2 Å². The van der Waals surface area contributed by atoms with Gasteiger partial charge in [0.15, 0.2) is 0 Å². The molecule has 0 saturated carbocycles. The number of amides is 1. The minimum Gasteiger partial charge on any atom is -0.352 e. The SMILES string of the molecule is CCN1CCC(NC(=O)C2(C)CCCCN2)CC1. The zero-order valence-electron chi connectivity index (χ0n) is 11.8. The van der Waals surface area contributed by atoms with E-state index in [0.717, 1.165) is 51.9 Å². The van der Waals surface area contributed by atoms with Gasteiger partial charge in [-0.2, -0.15) is 0 Å². The Morgan fingerprint density at radius 3 is 2.67 bits per heavy atom. The number of hydrogen-bond acceptors (Lipinski definition) is 3. The van der Waals surface area contributed by atoms with Crippen molar-refractivity contribution in [2.45, 2.75) is 57.5 Å². The van der Waals surface area contributed by atoms with Crippen LogP contribution < -0.4 is 10.6 Å². The molecule has 0 aliphatic carbocycles. The summed E-state index contributed by atoms with van der Waals surface area (Å²) in [6.07, 6.45) is 5.50. The largest absolute Gasteiger partial charge is 0.352 e. The van der Waals surface area contributed by atoms with E-state index < -0.39 is 0 Å². The molecule has 1 amide bonds. The molecule has 104 valence electrons. The van der Waals surface area contributed by atoms with Crippen molar-refractivity contribution in [3.63, 3.8) is 0 Å². The first-order valence-electron chi connectivity index (χ1n) is 7.42. The van der Waals surface area contributed by atoms with Gasteiger partial charge in [0.05, 0.1) is 5.54 Å². The monoisotopic (exact) mass is 253 g/mol. The number of likely N-dealkylation sites (tertiary alicyclic amines) is 1. The smallest absolute Gasteiger partial charge is 0.240 e. The Morgan fingerprint density at radius 2 is 2.11 bits per heavy atom. The van der Waals surface area contributed by atoms with Crippen molar-refractivity contribution >= 4 is 5.91 Å². The van der Waals surface area contributed by atoms with E-state index in [1.165, 1.54) is 6.42 Å². The Kier molecular flexibility index (Phi) is 4.62. The van der Waals surface area contributed by atoms with Gasteiger partial charge < -0.3 is 15.5 Å². The van der Waals surface area contributed by atoms with Gasteiger partial charge in [0.2, 0.25) is 5.91 Å². The lowest BCUT2D eigenvalue weighted by Crippen LogP contribution is -2.59. The van der Waals surface area contributed by atoms with E-state index in [9.17, 15) is 4.79 Å². The van der Waals surface area contributed by atoms with Gasteiger partial charge in [-0.05, 0) is 52.1 Å². The van der Waals surface area contributed by atoms with Gasteiger partial charge in [-0.15, -0.1) is 0 Å². The number of nitrogens with one attached hydrogen (secondary N) is 2. The molecule has 1 unspecified atom stereocenters. The maximum atomic E-state index is 12.4. The Morgan fingerprint density at radius 1 is 1.39 bits per heavy atom. The molecule has 0 aromatic heterocycles. The molecule has 2 aliphatic rings. The van der Waals surface area contributed by atoms with Crippen LogP contribution in [0.25, 0.3) is 0 Å². The number of nitrogens with zero attached hydrogens (tertiary/aromatic N) is 1. The van der Waals surface area contributed by atoms with E-state index >= 15 is 0 Å². The molecule has 2 aliphatic heterocycles. The zero-order valence-corrected chi connectivity index (χ0v) is 11.8.